The van der Waals surface area contributed by atoms with Crippen LogP contribution in [0, 0.1) is 6.92 Å². The van der Waals surface area contributed by atoms with Crippen LogP contribution in [0.1, 0.15) is 34.9 Å². The van der Waals surface area contributed by atoms with E-state index in [0.29, 0.717) is 25.2 Å². The molecule has 2 aromatic carbocycles. The number of benzene rings is 2. The lowest BCUT2D eigenvalue weighted by Crippen LogP contribution is -2.33. The fourth-order valence-electron chi connectivity index (χ4n) is 3.78. The number of fused-ring (bicyclic) bond motifs is 1. The Kier molecular flexibility index (Phi) is 7.70. The molecule has 2 amide bonds. The van der Waals surface area contributed by atoms with E-state index in [1.807, 2.05) is 85.0 Å². The van der Waals surface area contributed by atoms with Gasteiger partial charge in [0.15, 0.2) is 0 Å². The Labute approximate surface area is 208 Å². The molecule has 0 fully saturated rings. The summed E-state index contributed by atoms with van der Waals surface area (Å²) in [5.74, 6) is 0.765. The first-order valence-electron chi connectivity index (χ1n) is 11.3. The molecule has 0 radical (unpaired) electrons. The number of rotatable bonds is 9. The minimum absolute atomic E-state index is 0.100. The first-order chi connectivity index (χ1) is 16.5. The van der Waals surface area contributed by atoms with E-state index in [9.17, 15) is 9.59 Å². The van der Waals surface area contributed by atoms with E-state index in [1.165, 1.54) is 0 Å². The van der Waals surface area contributed by atoms with E-state index < -0.39 is 0 Å². The van der Waals surface area contributed by atoms with Crippen molar-refractivity contribution in [3.63, 3.8) is 0 Å². The molecule has 176 valence electrons. The minimum Gasteiger partial charge on any atom is -0.342 e. The lowest BCUT2D eigenvalue weighted by atomic mass is 10.2. The second kappa shape index (κ2) is 10.9. The quantitative estimate of drug-likeness (QED) is 0.299. The zero-order valence-electron chi connectivity index (χ0n) is 19.6. The van der Waals surface area contributed by atoms with E-state index >= 15 is 0 Å². The summed E-state index contributed by atoms with van der Waals surface area (Å²) >= 11 is 3.37. The lowest BCUT2D eigenvalue weighted by Gasteiger charge is -2.19. The molecular formula is C26H28N4O2S2. The van der Waals surface area contributed by atoms with Gasteiger partial charge in [0.1, 0.15) is 6.54 Å². The van der Waals surface area contributed by atoms with Crippen molar-refractivity contribution in [2.45, 2.75) is 38.0 Å². The van der Waals surface area contributed by atoms with E-state index in [1.54, 1.807) is 23.1 Å². The smallest absolute Gasteiger partial charge is 0.255 e. The molecule has 0 atom stereocenters. The third-order valence-corrected chi connectivity index (χ3v) is 7.49. The standard InChI is InChI=1S/C26H28N4O2S2/c1-4-29(5-2)25(31)15-30-13-12-20-14-21(8-11-24(20)30)28-26(32)19-6-9-23(10-7-19)34-17-22-16-33-18(3)27-22/h6-14,16H,4-5,15,17H2,1-3H3,(H,28,32). The minimum atomic E-state index is -0.151. The molecule has 0 bridgehead atoms. The van der Waals surface area contributed by atoms with Crippen LogP contribution in [0.5, 0.6) is 0 Å². The van der Waals surface area contributed by atoms with E-state index in [-0.39, 0.29) is 11.8 Å². The lowest BCUT2D eigenvalue weighted by molar-refractivity contribution is -0.131. The van der Waals surface area contributed by atoms with Crippen LogP contribution in [0.2, 0.25) is 0 Å². The van der Waals surface area contributed by atoms with Gasteiger partial charge in [0, 0.05) is 57.5 Å². The summed E-state index contributed by atoms with van der Waals surface area (Å²) in [6.07, 6.45) is 1.92. The number of aromatic nitrogens is 2. The average Bonchev–Trinajstić information content (AvgIpc) is 3.44. The molecule has 2 heterocycles. The van der Waals surface area contributed by atoms with Gasteiger partial charge in [-0.3, -0.25) is 9.59 Å². The molecule has 0 saturated carbocycles. The number of hydrogen-bond donors (Lipinski definition) is 1. The Balaban J connectivity index is 1.38. The molecule has 0 spiro atoms. The van der Waals surface area contributed by atoms with Crippen LogP contribution in [0.4, 0.5) is 5.69 Å². The molecule has 4 rings (SSSR count). The fraction of sp³-hybridized carbons (Fsp3) is 0.269. The molecular weight excluding hydrogens is 464 g/mol. The Hall–Kier alpha value is -3.10. The van der Waals surface area contributed by atoms with Crippen molar-refractivity contribution in [1.82, 2.24) is 14.5 Å². The SMILES string of the molecule is CCN(CC)C(=O)Cn1ccc2cc(NC(=O)c3ccc(SCc4csc(C)n4)cc3)ccc21. The predicted molar refractivity (Wildman–Crippen MR) is 141 cm³/mol. The first-order valence-corrected chi connectivity index (χ1v) is 13.1. The van der Waals surface area contributed by atoms with Crippen molar-refractivity contribution in [2.75, 3.05) is 18.4 Å². The number of anilines is 1. The molecule has 8 heteroatoms. The summed E-state index contributed by atoms with van der Waals surface area (Å²) in [6.45, 7) is 7.70. The largest absolute Gasteiger partial charge is 0.342 e. The summed E-state index contributed by atoms with van der Waals surface area (Å²) in [5.41, 5.74) is 3.38. The summed E-state index contributed by atoms with van der Waals surface area (Å²) in [5, 5.41) is 7.11. The van der Waals surface area contributed by atoms with Gasteiger partial charge in [0.25, 0.3) is 5.91 Å². The Morgan fingerprint density at radius 3 is 2.53 bits per heavy atom. The Morgan fingerprint density at radius 2 is 1.85 bits per heavy atom. The summed E-state index contributed by atoms with van der Waals surface area (Å²) < 4.78 is 1.95. The number of aryl methyl sites for hydroxylation is 1. The highest BCUT2D eigenvalue weighted by Crippen LogP contribution is 2.25. The van der Waals surface area contributed by atoms with Crippen LogP contribution in [0.15, 0.2) is 65.0 Å². The zero-order valence-corrected chi connectivity index (χ0v) is 21.2. The van der Waals surface area contributed by atoms with Gasteiger partial charge in [0.2, 0.25) is 5.91 Å². The van der Waals surface area contributed by atoms with Crippen molar-refractivity contribution >= 4 is 51.5 Å². The second-order valence-electron chi connectivity index (χ2n) is 7.91. The number of thioether (sulfide) groups is 1. The van der Waals surface area contributed by atoms with Crippen molar-refractivity contribution in [3.05, 3.63) is 76.4 Å². The number of carbonyl (C=O) groups is 2. The molecule has 0 aliphatic carbocycles. The van der Waals surface area contributed by atoms with Crippen LogP contribution >= 0.6 is 23.1 Å². The molecule has 0 unspecified atom stereocenters. The molecule has 4 aromatic rings. The fourth-order valence-corrected chi connectivity index (χ4v) is 5.28. The van der Waals surface area contributed by atoms with Gasteiger partial charge in [0.05, 0.1) is 10.7 Å². The predicted octanol–water partition coefficient (Wildman–Crippen LogP) is 5.82. The van der Waals surface area contributed by atoms with E-state index in [2.05, 4.69) is 15.7 Å². The van der Waals surface area contributed by atoms with Crippen molar-refractivity contribution in [1.29, 1.82) is 0 Å². The Morgan fingerprint density at radius 1 is 1.09 bits per heavy atom. The topological polar surface area (TPSA) is 67.2 Å². The van der Waals surface area contributed by atoms with Crippen LogP contribution in [-0.2, 0) is 17.1 Å². The number of likely N-dealkylation sites (N-methyl/N-ethyl adjacent to an activating group) is 1. The van der Waals surface area contributed by atoms with Crippen molar-refractivity contribution < 1.29 is 9.59 Å². The number of nitrogens with zero attached hydrogens (tertiary/aromatic N) is 3. The second-order valence-corrected chi connectivity index (χ2v) is 10.0. The van der Waals surface area contributed by atoms with Gasteiger partial charge in [-0.05, 0) is 69.3 Å². The normalized spacial score (nSPS) is 11.0. The summed E-state index contributed by atoms with van der Waals surface area (Å²) in [6, 6.07) is 15.3. The zero-order chi connectivity index (χ0) is 24.1. The average molecular weight is 493 g/mol. The molecule has 0 saturated heterocycles. The molecule has 2 aromatic heterocycles. The van der Waals surface area contributed by atoms with Crippen molar-refractivity contribution in [2.24, 2.45) is 0 Å². The monoisotopic (exact) mass is 492 g/mol. The Bertz CT molecular complexity index is 1290. The molecule has 6 nitrogen and oxygen atoms in total. The van der Waals surface area contributed by atoms with Crippen LogP contribution in [-0.4, -0.2) is 39.4 Å². The summed E-state index contributed by atoms with van der Waals surface area (Å²) in [7, 11) is 0. The first kappa shape index (κ1) is 24.0. The molecule has 1 N–H and O–H groups in total. The van der Waals surface area contributed by atoms with Crippen LogP contribution in [0.3, 0.4) is 0 Å². The van der Waals surface area contributed by atoms with Crippen molar-refractivity contribution in [3.8, 4) is 0 Å². The highest BCUT2D eigenvalue weighted by Gasteiger charge is 2.13. The number of carbonyl (C=O) groups excluding carboxylic acids is 2. The highest BCUT2D eigenvalue weighted by atomic mass is 32.2. The number of nitrogens with one attached hydrogen (secondary N) is 1. The molecule has 0 aliphatic heterocycles. The number of thiazole rings is 1. The van der Waals surface area contributed by atoms with E-state index in [4.69, 9.17) is 0 Å². The maximum Gasteiger partial charge on any atom is 0.255 e. The van der Waals surface area contributed by atoms with Gasteiger partial charge in [-0.1, -0.05) is 0 Å². The maximum atomic E-state index is 12.8. The van der Waals surface area contributed by atoms with Gasteiger partial charge in [-0.15, -0.1) is 23.1 Å². The third-order valence-electron chi connectivity index (χ3n) is 5.62. The van der Waals surface area contributed by atoms with Gasteiger partial charge >= 0.3 is 0 Å². The van der Waals surface area contributed by atoms with E-state index in [0.717, 1.165) is 37.9 Å². The summed E-state index contributed by atoms with van der Waals surface area (Å²) in [4.78, 5) is 32.6. The number of hydrogen-bond acceptors (Lipinski definition) is 5. The molecule has 0 aliphatic rings. The maximum absolute atomic E-state index is 12.8. The number of amides is 2. The molecule has 34 heavy (non-hydrogen) atoms. The van der Waals surface area contributed by atoms with Crippen LogP contribution < -0.4 is 5.32 Å². The third kappa shape index (κ3) is 5.69. The van der Waals surface area contributed by atoms with Gasteiger partial charge in [-0.25, -0.2) is 4.98 Å². The van der Waals surface area contributed by atoms with Gasteiger partial charge < -0.3 is 14.8 Å². The van der Waals surface area contributed by atoms with Gasteiger partial charge in [-0.2, -0.15) is 0 Å². The van der Waals surface area contributed by atoms with Crippen LogP contribution in [0.25, 0.3) is 10.9 Å². The highest BCUT2D eigenvalue weighted by molar-refractivity contribution is 7.98.